The molecule has 0 aliphatic rings. The van der Waals surface area contributed by atoms with E-state index in [1.54, 1.807) is 6.07 Å². The summed E-state index contributed by atoms with van der Waals surface area (Å²) in [6, 6.07) is 7.22. The van der Waals surface area contributed by atoms with Gasteiger partial charge in [0.25, 0.3) is 5.91 Å². The molecule has 8 heteroatoms. The van der Waals surface area contributed by atoms with Crippen LogP contribution in [0, 0.1) is 11.3 Å². The van der Waals surface area contributed by atoms with E-state index < -0.39 is 11.4 Å². The van der Waals surface area contributed by atoms with E-state index in [9.17, 15) is 18.0 Å². The van der Waals surface area contributed by atoms with Crippen LogP contribution in [0.1, 0.15) is 18.9 Å². The zero-order valence-corrected chi connectivity index (χ0v) is 13.8. The normalized spacial score (nSPS) is 11.9. The molecule has 0 spiro atoms. The van der Waals surface area contributed by atoms with E-state index in [0.717, 1.165) is 0 Å². The lowest BCUT2D eigenvalue weighted by Gasteiger charge is -2.06. The summed E-state index contributed by atoms with van der Waals surface area (Å²) in [5.74, 6) is -0.525. The first-order valence-corrected chi connectivity index (χ1v) is 8.01. The zero-order valence-electron chi connectivity index (χ0n) is 13.0. The first kappa shape index (κ1) is 20.1. The van der Waals surface area contributed by atoms with Crippen molar-refractivity contribution < 1.29 is 22.7 Å². The van der Waals surface area contributed by atoms with E-state index in [0.29, 0.717) is 31.7 Å². The van der Waals surface area contributed by atoms with Crippen LogP contribution in [0.2, 0.25) is 0 Å². The van der Waals surface area contributed by atoms with E-state index in [4.69, 9.17) is 10.00 Å². The summed E-state index contributed by atoms with van der Waals surface area (Å²) in [5, 5.41) is 11.6. The molecule has 0 unspecified atom stereocenters. The van der Waals surface area contributed by atoms with Gasteiger partial charge in [0.15, 0.2) is 0 Å². The number of alkyl halides is 3. The predicted molar refractivity (Wildman–Crippen MR) is 86.1 cm³/mol. The van der Waals surface area contributed by atoms with Crippen LogP contribution in [0.4, 0.5) is 13.2 Å². The Labute approximate surface area is 142 Å². The quantitative estimate of drug-likeness (QED) is 0.333. The minimum absolute atomic E-state index is 0.0403. The second kappa shape index (κ2) is 10.0. The molecule has 0 heterocycles. The minimum Gasteiger partial charge on any atom is -0.382 e. The number of benzene rings is 1. The van der Waals surface area contributed by atoms with Gasteiger partial charge in [-0.2, -0.15) is 18.4 Å². The van der Waals surface area contributed by atoms with Crippen LogP contribution < -0.4 is 5.32 Å². The van der Waals surface area contributed by atoms with Crippen molar-refractivity contribution in [2.75, 3.05) is 19.8 Å². The number of nitrogens with zero attached hydrogens (tertiary/aromatic N) is 1. The molecule has 1 rings (SSSR count). The number of nitriles is 1. The Morgan fingerprint density at radius 1 is 1.38 bits per heavy atom. The summed E-state index contributed by atoms with van der Waals surface area (Å²) in [6.45, 7) is 3.35. The van der Waals surface area contributed by atoms with Crippen LogP contribution in [-0.2, 0) is 9.53 Å². The maximum absolute atomic E-state index is 12.3. The van der Waals surface area contributed by atoms with Crippen molar-refractivity contribution in [2.24, 2.45) is 0 Å². The highest BCUT2D eigenvalue weighted by Gasteiger charge is 2.28. The van der Waals surface area contributed by atoms with E-state index in [1.807, 2.05) is 6.92 Å². The van der Waals surface area contributed by atoms with Crippen LogP contribution in [-0.4, -0.2) is 31.2 Å². The number of ether oxygens (including phenoxy) is 1. The maximum atomic E-state index is 12.3. The fraction of sp³-hybridized carbons (Fsp3) is 0.375. The molecule has 24 heavy (non-hydrogen) atoms. The highest BCUT2D eigenvalue weighted by atomic mass is 32.2. The number of halogens is 3. The Morgan fingerprint density at radius 2 is 2.04 bits per heavy atom. The number of rotatable bonds is 8. The molecule has 130 valence electrons. The van der Waals surface area contributed by atoms with E-state index in [-0.39, 0.29) is 22.2 Å². The average Bonchev–Trinajstić information content (AvgIpc) is 2.52. The highest BCUT2D eigenvalue weighted by Crippen LogP contribution is 2.36. The van der Waals surface area contributed by atoms with Gasteiger partial charge in [-0.05, 0) is 48.9 Å². The van der Waals surface area contributed by atoms with E-state index in [2.05, 4.69) is 5.32 Å². The number of carbonyl (C=O) groups is 1. The summed E-state index contributed by atoms with van der Waals surface area (Å²) in [6.07, 6.45) is 1.96. The van der Waals surface area contributed by atoms with Crippen molar-refractivity contribution >= 4 is 23.7 Å². The molecule has 1 amide bonds. The molecule has 0 saturated carbocycles. The molecule has 1 aromatic rings. The van der Waals surface area contributed by atoms with E-state index >= 15 is 0 Å². The van der Waals surface area contributed by atoms with Gasteiger partial charge < -0.3 is 10.1 Å². The lowest BCUT2D eigenvalue weighted by molar-refractivity contribution is -0.117. The van der Waals surface area contributed by atoms with Gasteiger partial charge in [-0.1, -0.05) is 12.1 Å². The third-order valence-electron chi connectivity index (χ3n) is 2.74. The van der Waals surface area contributed by atoms with Crippen LogP contribution >= 0.6 is 11.8 Å². The number of nitrogens with one attached hydrogen (secondary N) is 1. The fourth-order valence-corrected chi connectivity index (χ4v) is 2.24. The molecule has 0 aliphatic carbocycles. The van der Waals surface area contributed by atoms with Crippen molar-refractivity contribution in [2.45, 2.75) is 23.7 Å². The first-order valence-electron chi connectivity index (χ1n) is 7.19. The molecule has 0 radical (unpaired) electrons. The number of amides is 1. The van der Waals surface area contributed by atoms with Gasteiger partial charge in [-0.15, -0.1) is 0 Å². The Bertz CT molecular complexity index is 607. The predicted octanol–water partition coefficient (Wildman–Crippen LogP) is 3.75. The standard InChI is InChI=1S/C16H17F3N2O2S/c1-2-23-9-3-8-21-15(22)13(11-20)10-12-4-6-14(7-5-12)24-16(17,18)19/h4-7,10H,2-3,8-9H2,1H3,(H,21,22)/b13-10+. The second-order valence-corrected chi connectivity index (χ2v) is 5.73. The molecule has 1 N–H and O–H groups in total. The number of carbonyl (C=O) groups excluding carboxylic acids is 1. The summed E-state index contributed by atoms with van der Waals surface area (Å²) in [5.41, 5.74) is -3.98. The van der Waals surface area contributed by atoms with Crippen LogP contribution in [0.3, 0.4) is 0 Å². The topological polar surface area (TPSA) is 62.1 Å². The minimum atomic E-state index is -4.35. The SMILES string of the molecule is CCOCCCNC(=O)/C(C#N)=C/c1ccc(SC(F)(F)F)cc1. The van der Waals surface area contributed by atoms with Gasteiger partial charge >= 0.3 is 5.51 Å². The fourth-order valence-electron chi connectivity index (χ4n) is 1.70. The molecule has 0 aromatic heterocycles. The monoisotopic (exact) mass is 358 g/mol. The summed E-state index contributed by atoms with van der Waals surface area (Å²) < 4.78 is 41.9. The molecule has 0 aliphatic heterocycles. The Balaban J connectivity index is 2.64. The molecule has 4 nitrogen and oxygen atoms in total. The zero-order chi connectivity index (χ0) is 18.0. The van der Waals surface area contributed by atoms with Crippen molar-refractivity contribution in [1.82, 2.24) is 5.32 Å². The van der Waals surface area contributed by atoms with Crippen LogP contribution in [0.25, 0.3) is 6.08 Å². The lowest BCUT2D eigenvalue weighted by atomic mass is 10.1. The van der Waals surface area contributed by atoms with Crippen molar-refractivity contribution in [1.29, 1.82) is 5.26 Å². The van der Waals surface area contributed by atoms with E-state index in [1.165, 1.54) is 30.3 Å². The first-order chi connectivity index (χ1) is 11.4. The Kier molecular flexibility index (Phi) is 8.36. The molecule has 0 bridgehead atoms. The smallest absolute Gasteiger partial charge is 0.382 e. The van der Waals surface area contributed by atoms with Gasteiger partial charge in [0.05, 0.1) is 0 Å². The Hall–Kier alpha value is -1.98. The molecule has 1 aromatic carbocycles. The maximum Gasteiger partial charge on any atom is 0.446 e. The Morgan fingerprint density at radius 3 is 2.58 bits per heavy atom. The molecular formula is C16H17F3N2O2S. The average molecular weight is 358 g/mol. The molecular weight excluding hydrogens is 341 g/mol. The van der Waals surface area contributed by atoms with Crippen molar-refractivity contribution in [3.8, 4) is 6.07 Å². The number of thioether (sulfide) groups is 1. The number of hydrogen-bond acceptors (Lipinski definition) is 4. The van der Waals surface area contributed by atoms with Gasteiger partial charge in [-0.25, -0.2) is 0 Å². The summed E-state index contributed by atoms with van der Waals surface area (Å²) >= 11 is -0.219. The molecule has 0 atom stereocenters. The van der Waals surface area contributed by atoms with Crippen LogP contribution in [0.5, 0.6) is 0 Å². The highest BCUT2D eigenvalue weighted by molar-refractivity contribution is 8.00. The third-order valence-corrected chi connectivity index (χ3v) is 3.48. The molecule has 0 saturated heterocycles. The van der Waals surface area contributed by atoms with Crippen molar-refractivity contribution in [3.05, 3.63) is 35.4 Å². The lowest BCUT2D eigenvalue weighted by Crippen LogP contribution is -2.26. The second-order valence-electron chi connectivity index (χ2n) is 4.59. The van der Waals surface area contributed by atoms with Gasteiger partial charge in [0.1, 0.15) is 11.6 Å². The largest absolute Gasteiger partial charge is 0.446 e. The van der Waals surface area contributed by atoms with Crippen molar-refractivity contribution in [3.63, 3.8) is 0 Å². The van der Waals surface area contributed by atoms with Gasteiger partial charge in [0, 0.05) is 24.7 Å². The number of hydrogen-bond donors (Lipinski definition) is 1. The van der Waals surface area contributed by atoms with Gasteiger partial charge in [-0.3, -0.25) is 4.79 Å². The summed E-state index contributed by atoms with van der Waals surface area (Å²) in [4.78, 5) is 11.9. The third kappa shape index (κ3) is 8.04. The summed E-state index contributed by atoms with van der Waals surface area (Å²) in [7, 11) is 0. The molecule has 0 fully saturated rings. The van der Waals surface area contributed by atoms with Gasteiger partial charge in [0.2, 0.25) is 0 Å². The van der Waals surface area contributed by atoms with Crippen LogP contribution in [0.15, 0.2) is 34.7 Å².